The number of nitrogens with zero attached hydrogens (tertiary/aromatic N) is 6. The number of aromatic nitrogens is 3. The van der Waals surface area contributed by atoms with Gasteiger partial charge in [-0.1, -0.05) is 49.5 Å². The van der Waals surface area contributed by atoms with Gasteiger partial charge in [0.25, 0.3) is 0 Å². The maximum Gasteiger partial charge on any atom is 0.159 e. The summed E-state index contributed by atoms with van der Waals surface area (Å²) >= 11 is 6.72. The summed E-state index contributed by atoms with van der Waals surface area (Å²) in [5.74, 6) is 0.483. The van der Waals surface area contributed by atoms with E-state index in [1.807, 2.05) is 25.1 Å². The Hall–Kier alpha value is -2.73. The van der Waals surface area contributed by atoms with Crippen molar-refractivity contribution in [3.8, 4) is 11.1 Å². The number of fused-ring (bicyclic) bond motifs is 1. The molecule has 0 aliphatic heterocycles. The number of aryl methyl sites for hydroxylation is 1. The lowest BCUT2D eigenvalue weighted by atomic mass is 9.88. The molecule has 0 amide bonds. The number of aliphatic hydroxyl groups is 1. The average Bonchev–Trinajstić information content (AvgIpc) is 2.73. The first kappa shape index (κ1) is 22.9. The molecule has 2 aromatic heterocycles. The zero-order valence-electron chi connectivity index (χ0n) is 18.5. The molecule has 0 aliphatic carbocycles. The van der Waals surface area contributed by atoms with Gasteiger partial charge in [-0.05, 0) is 55.5 Å². The summed E-state index contributed by atoms with van der Waals surface area (Å²) in [7, 11) is 0. The highest BCUT2D eigenvalue weighted by molar-refractivity contribution is 6.33. The van der Waals surface area contributed by atoms with Crippen LogP contribution in [0.25, 0.3) is 32.5 Å². The number of pyridine rings is 1. The molecule has 2 unspecified atom stereocenters. The van der Waals surface area contributed by atoms with Crippen molar-refractivity contribution in [1.29, 1.82) is 0 Å². The van der Waals surface area contributed by atoms with E-state index in [4.69, 9.17) is 11.6 Å². The predicted molar refractivity (Wildman–Crippen MR) is 124 cm³/mol. The van der Waals surface area contributed by atoms with Gasteiger partial charge < -0.3 is 5.11 Å². The van der Waals surface area contributed by atoms with Gasteiger partial charge in [-0.25, -0.2) is 9.97 Å². The van der Waals surface area contributed by atoms with Gasteiger partial charge in [-0.15, -0.1) is 0 Å². The molecule has 0 bridgehead atoms. The molecule has 0 radical (unpaired) electrons. The van der Waals surface area contributed by atoms with E-state index in [1.165, 1.54) is 0 Å². The third-order valence-electron chi connectivity index (χ3n) is 5.42. The lowest BCUT2D eigenvalue weighted by molar-refractivity contribution is 0.0687. The molecule has 0 fully saturated rings. The van der Waals surface area contributed by atoms with Crippen LogP contribution >= 0.6 is 11.6 Å². The highest BCUT2D eigenvalue weighted by atomic mass is 35.5. The van der Waals surface area contributed by atoms with Crippen molar-refractivity contribution in [3.05, 3.63) is 63.1 Å². The SMILES string of the molecule is CCCC(C)C(N=[N+]=[N-])c1c(Cl)c(C)nc2ccc(-c3cnc(C(C)(C)O)nc3)cc12. The second-order valence-corrected chi connectivity index (χ2v) is 8.80. The third-order valence-corrected chi connectivity index (χ3v) is 5.89. The maximum absolute atomic E-state index is 10.1. The highest BCUT2D eigenvalue weighted by Gasteiger charge is 2.25. The normalized spacial score (nSPS) is 13.6. The van der Waals surface area contributed by atoms with Crippen molar-refractivity contribution in [2.75, 3.05) is 0 Å². The minimum absolute atomic E-state index is 0.126. The van der Waals surface area contributed by atoms with Gasteiger partial charge in [0.15, 0.2) is 5.82 Å². The second kappa shape index (κ2) is 9.18. The molecule has 31 heavy (non-hydrogen) atoms. The van der Waals surface area contributed by atoms with E-state index in [1.54, 1.807) is 26.2 Å². The van der Waals surface area contributed by atoms with Crippen molar-refractivity contribution in [2.24, 2.45) is 11.0 Å². The van der Waals surface area contributed by atoms with Gasteiger partial charge in [-0.2, -0.15) is 0 Å². The fraction of sp³-hybridized carbons (Fsp3) is 0.435. The lowest BCUT2D eigenvalue weighted by Crippen LogP contribution is -2.19. The fourth-order valence-corrected chi connectivity index (χ4v) is 4.03. The van der Waals surface area contributed by atoms with Crippen LogP contribution in [0.3, 0.4) is 0 Å². The average molecular weight is 439 g/mol. The molecule has 3 aromatic rings. The summed E-state index contributed by atoms with van der Waals surface area (Å²) in [6, 6.07) is 5.47. The van der Waals surface area contributed by atoms with Crippen LogP contribution in [0, 0.1) is 12.8 Å². The minimum Gasteiger partial charge on any atom is -0.382 e. The number of hydrogen-bond acceptors (Lipinski definition) is 5. The molecule has 2 heterocycles. The van der Waals surface area contributed by atoms with Crippen LogP contribution < -0.4 is 0 Å². The molecule has 162 valence electrons. The summed E-state index contributed by atoms with van der Waals surface area (Å²) in [5.41, 5.74) is 12.1. The topological polar surface area (TPSA) is 108 Å². The predicted octanol–water partition coefficient (Wildman–Crippen LogP) is 6.67. The molecule has 0 saturated heterocycles. The zero-order chi connectivity index (χ0) is 22.8. The van der Waals surface area contributed by atoms with Crippen molar-refractivity contribution in [1.82, 2.24) is 15.0 Å². The van der Waals surface area contributed by atoms with E-state index in [-0.39, 0.29) is 5.92 Å². The van der Waals surface area contributed by atoms with Crippen molar-refractivity contribution in [2.45, 2.75) is 59.1 Å². The zero-order valence-corrected chi connectivity index (χ0v) is 19.2. The Morgan fingerprint density at radius 2 is 1.90 bits per heavy atom. The smallest absolute Gasteiger partial charge is 0.159 e. The van der Waals surface area contributed by atoms with Gasteiger partial charge in [0, 0.05) is 28.3 Å². The van der Waals surface area contributed by atoms with E-state index in [0.717, 1.165) is 40.4 Å². The fourth-order valence-electron chi connectivity index (χ4n) is 3.78. The van der Waals surface area contributed by atoms with Crippen LogP contribution in [0.4, 0.5) is 0 Å². The molecule has 0 spiro atoms. The van der Waals surface area contributed by atoms with E-state index in [9.17, 15) is 10.6 Å². The second-order valence-electron chi connectivity index (χ2n) is 8.43. The Balaban J connectivity index is 2.20. The van der Waals surface area contributed by atoms with Gasteiger partial charge in [0.1, 0.15) is 5.60 Å². The quantitative estimate of drug-likeness (QED) is 0.252. The third kappa shape index (κ3) is 4.79. The number of hydrogen-bond donors (Lipinski definition) is 1. The summed E-state index contributed by atoms with van der Waals surface area (Å²) < 4.78 is 0. The molecule has 1 N–H and O–H groups in total. The summed E-state index contributed by atoms with van der Waals surface area (Å²) in [6.07, 6.45) is 5.27. The highest BCUT2D eigenvalue weighted by Crippen LogP contribution is 2.40. The Kier molecular flexibility index (Phi) is 6.80. The van der Waals surface area contributed by atoms with Crippen LogP contribution in [0.15, 0.2) is 35.7 Å². The standard InChI is InChI=1S/C23H27ClN6O/c1-6-7-13(2)21(29-30-25)19-17-10-15(8-9-18(17)28-14(3)20(19)24)16-11-26-22(27-12-16)23(4,5)31/h8-13,21,31H,6-7H2,1-5H3. The Labute approximate surface area is 187 Å². The van der Waals surface area contributed by atoms with Gasteiger partial charge in [-0.3, -0.25) is 4.98 Å². The molecule has 1 aromatic carbocycles. The minimum atomic E-state index is -1.11. The van der Waals surface area contributed by atoms with Crippen LogP contribution in [0.1, 0.15) is 63.7 Å². The van der Waals surface area contributed by atoms with Gasteiger partial charge in [0.2, 0.25) is 0 Å². The molecular formula is C23H27ClN6O. The van der Waals surface area contributed by atoms with E-state index in [2.05, 4.69) is 38.8 Å². The number of azide groups is 1. The number of benzene rings is 1. The molecule has 8 heteroatoms. The van der Waals surface area contributed by atoms with Crippen molar-refractivity contribution >= 4 is 22.5 Å². The first-order valence-electron chi connectivity index (χ1n) is 10.4. The summed E-state index contributed by atoms with van der Waals surface area (Å²) in [5, 5.41) is 15.6. The Morgan fingerprint density at radius 1 is 1.23 bits per heavy atom. The molecular weight excluding hydrogens is 412 g/mol. The van der Waals surface area contributed by atoms with Gasteiger partial charge in [0.05, 0.1) is 22.3 Å². The van der Waals surface area contributed by atoms with Crippen LogP contribution in [0.2, 0.25) is 5.02 Å². The van der Waals surface area contributed by atoms with Crippen LogP contribution in [-0.4, -0.2) is 20.1 Å². The van der Waals surface area contributed by atoms with E-state index < -0.39 is 11.6 Å². The van der Waals surface area contributed by atoms with Crippen molar-refractivity contribution in [3.63, 3.8) is 0 Å². The Bertz CT molecular complexity index is 1130. The van der Waals surface area contributed by atoms with E-state index in [0.29, 0.717) is 16.5 Å². The van der Waals surface area contributed by atoms with Crippen molar-refractivity contribution < 1.29 is 5.11 Å². The molecule has 0 aliphatic rings. The summed E-state index contributed by atoms with van der Waals surface area (Å²) in [4.78, 5) is 16.4. The summed E-state index contributed by atoms with van der Waals surface area (Å²) in [6.45, 7) is 9.34. The van der Waals surface area contributed by atoms with Crippen LogP contribution in [0.5, 0.6) is 0 Å². The largest absolute Gasteiger partial charge is 0.382 e. The van der Waals surface area contributed by atoms with Gasteiger partial charge >= 0.3 is 0 Å². The lowest BCUT2D eigenvalue weighted by Gasteiger charge is -2.23. The molecule has 2 atom stereocenters. The monoisotopic (exact) mass is 438 g/mol. The first-order chi connectivity index (χ1) is 14.7. The molecule has 3 rings (SSSR count). The first-order valence-corrected chi connectivity index (χ1v) is 10.7. The van der Waals surface area contributed by atoms with Crippen LogP contribution in [-0.2, 0) is 5.60 Å². The maximum atomic E-state index is 10.1. The number of rotatable bonds is 7. The molecule has 0 saturated carbocycles. The number of halogens is 1. The van der Waals surface area contributed by atoms with E-state index >= 15 is 0 Å². The Morgan fingerprint density at radius 3 is 2.48 bits per heavy atom. The molecule has 7 nitrogen and oxygen atoms in total.